The van der Waals surface area contributed by atoms with Crippen LogP contribution in [0.4, 0.5) is 0 Å². The minimum absolute atomic E-state index is 0.697. The van der Waals surface area contributed by atoms with Gasteiger partial charge in [0, 0.05) is 0 Å². The van der Waals surface area contributed by atoms with Gasteiger partial charge >= 0.3 is 156 Å². The van der Waals surface area contributed by atoms with E-state index in [0.717, 1.165) is 13.1 Å². The van der Waals surface area contributed by atoms with Crippen molar-refractivity contribution >= 4 is 26.4 Å². The number of nitrogens with zero attached hydrogens (tertiary/aromatic N) is 2. The summed E-state index contributed by atoms with van der Waals surface area (Å²) in [5.41, 5.74) is 2.65. The Kier molecular flexibility index (Phi) is 6.17. The van der Waals surface area contributed by atoms with Crippen molar-refractivity contribution in [2.24, 2.45) is 0 Å². The van der Waals surface area contributed by atoms with E-state index in [4.69, 9.17) is 6.15 Å². The Labute approximate surface area is 156 Å². The average molecular weight is 447 g/mol. The third-order valence-corrected chi connectivity index (χ3v) is 14.7. The Hall–Kier alpha value is -0.921. The van der Waals surface area contributed by atoms with Crippen LogP contribution >= 0.6 is 0 Å². The summed E-state index contributed by atoms with van der Waals surface area (Å²) in [7, 11) is 8.43. The zero-order valence-electron chi connectivity index (χ0n) is 15.7. The normalized spacial score (nSPS) is 16.7. The van der Waals surface area contributed by atoms with Gasteiger partial charge in [0.15, 0.2) is 0 Å². The predicted molar refractivity (Wildman–Crippen MR) is 105 cm³/mol. The maximum absolute atomic E-state index is 6.51. The van der Waals surface area contributed by atoms with Crippen LogP contribution in [-0.2, 0) is 19.2 Å². The van der Waals surface area contributed by atoms with Crippen LogP contribution in [0, 0.1) is 0 Å². The zero-order chi connectivity index (χ0) is 17.9. The summed E-state index contributed by atoms with van der Waals surface area (Å²) in [5.74, 6) is 0. The van der Waals surface area contributed by atoms with Crippen LogP contribution in [0.15, 0.2) is 48.5 Å². The molecule has 0 amide bonds. The van der Waals surface area contributed by atoms with Crippen LogP contribution < -0.4 is 7.16 Å². The van der Waals surface area contributed by atoms with Crippen molar-refractivity contribution in [3.05, 3.63) is 59.7 Å². The summed E-state index contributed by atoms with van der Waals surface area (Å²) in [6.07, 6.45) is 0. The van der Waals surface area contributed by atoms with E-state index in [1.807, 2.05) is 0 Å². The van der Waals surface area contributed by atoms with Crippen molar-refractivity contribution in [2.75, 3.05) is 41.4 Å². The van der Waals surface area contributed by atoms with Gasteiger partial charge in [-0.1, -0.05) is 0 Å². The average Bonchev–Trinajstić information content (AvgIpc) is 3.05. The van der Waals surface area contributed by atoms with Crippen LogP contribution in [-0.4, -0.2) is 70.4 Å². The summed E-state index contributed by atoms with van der Waals surface area (Å²) in [6.45, 7) is 3.19. The van der Waals surface area contributed by atoms with Crippen LogP contribution in [0.5, 0.6) is 0 Å². The molecule has 134 valence electrons. The fourth-order valence-corrected chi connectivity index (χ4v) is 13.6. The van der Waals surface area contributed by atoms with E-state index in [1.54, 1.807) is 0 Å². The molecule has 1 aliphatic rings. The summed E-state index contributed by atoms with van der Waals surface area (Å²) >= 11 is -3.60. The third-order valence-electron chi connectivity index (χ3n) is 4.41. The van der Waals surface area contributed by atoms with Crippen LogP contribution in [0.3, 0.4) is 0 Å². The second-order valence-electron chi connectivity index (χ2n) is 7.10. The molecule has 1 saturated heterocycles. The molecular formula is C20H28N2O2Sn. The van der Waals surface area contributed by atoms with Gasteiger partial charge in [0.25, 0.3) is 0 Å². The first kappa shape index (κ1) is 18.9. The van der Waals surface area contributed by atoms with Crippen LogP contribution in [0.25, 0.3) is 0 Å². The quantitative estimate of drug-likeness (QED) is 0.626. The zero-order valence-corrected chi connectivity index (χ0v) is 18.5. The molecule has 0 radical (unpaired) electrons. The molecule has 0 aliphatic carbocycles. The fourth-order valence-electron chi connectivity index (χ4n) is 3.51. The van der Waals surface area contributed by atoms with E-state index in [-0.39, 0.29) is 0 Å². The van der Waals surface area contributed by atoms with Gasteiger partial charge in [-0.3, -0.25) is 0 Å². The molecule has 0 atom stereocenters. The molecule has 3 rings (SSSR count). The second-order valence-corrected chi connectivity index (χ2v) is 15.3. The van der Waals surface area contributed by atoms with Crippen molar-refractivity contribution in [3.8, 4) is 0 Å². The monoisotopic (exact) mass is 448 g/mol. The van der Waals surface area contributed by atoms with Gasteiger partial charge in [-0.25, -0.2) is 0 Å². The van der Waals surface area contributed by atoms with Crippen molar-refractivity contribution < 1.29 is 6.15 Å². The van der Waals surface area contributed by atoms with E-state index in [2.05, 4.69) is 86.5 Å². The standard InChI is InChI=1S/2C9H12N.C2H4O2.Sn/c2*1-10(2)8-9-6-4-3-5-7-9;3-1-2-4;/h2*3-6H,8H2,1-2H3;1-2H2;/q;;-2;+2. The van der Waals surface area contributed by atoms with Gasteiger partial charge < -0.3 is 0 Å². The minimum atomic E-state index is -3.60. The van der Waals surface area contributed by atoms with Gasteiger partial charge in [0.2, 0.25) is 0 Å². The topological polar surface area (TPSA) is 24.9 Å². The summed E-state index contributed by atoms with van der Waals surface area (Å²) < 4.78 is 15.6. The summed E-state index contributed by atoms with van der Waals surface area (Å²) in [6, 6.07) is 17.4. The molecule has 0 bridgehead atoms. The molecule has 0 saturated carbocycles. The fraction of sp³-hybridized carbons (Fsp3) is 0.400. The summed E-state index contributed by atoms with van der Waals surface area (Å²) in [4.78, 5) is 4.41. The van der Waals surface area contributed by atoms with Crippen molar-refractivity contribution in [2.45, 2.75) is 13.1 Å². The second kappa shape index (κ2) is 8.18. The Morgan fingerprint density at radius 1 is 0.720 bits per heavy atom. The Balaban J connectivity index is 2.14. The van der Waals surface area contributed by atoms with Gasteiger partial charge in [-0.15, -0.1) is 0 Å². The van der Waals surface area contributed by atoms with Gasteiger partial charge in [-0.05, 0) is 0 Å². The number of benzene rings is 2. The molecule has 25 heavy (non-hydrogen) atoms. The van der Waals surface area contributed by atoms with Crippen molar-refractivity contribution in [3.63, 3.8) is 0 Å². The molecule has 0 N–H and O–H groups in total. The molecule has 2 aromatic carbocycles. The molecule has 0 unspecified atom stereocenters. The first-order valence-electron chi connectivity index (χ1n) is 8.77. The van der Waals surface area contributed by atoms with Gasteiger partial charge in [0.1, 0.15) is 0 Å². The van der Waals surface area contributed by atoms with Gasteiger partial charge in [-0.2, -0.15) is 0 Å². The van der Waals surface area contributed by atoms with E-state index in [0.29, 0.717) is 13.2 Å². The SMILES string of the molecule is CN(C)Cc1cccc[c]1[Sn]1([c]2ccccc2CN(C)C)[O]CC[O]1. The Bertz CT molecular complexity index is 657. The first-order valence-corrected chi connectivity index (χ1v) is 14.0. The Morgan fingerprint density at radius 2 is 1.12 bits per heavy atom. The third kappa shape index (κ3) is 4.09. The van der Waals surface area contributed by atoms with E-state index >= 15 is 0 Å². The molecule has 1 fully saturated rings. The van der Waals surface area contributed by atoms with Crippen molar-refractivity contribution in [1.82, 2.24) is 9.80 Å². The molecule has 1 aliphatic heterocycles. The number of rotatable bonds is 6. The molecule has 5 heteroatoms. The maximum atomic E-state index is 6.51. The molecule has 2 aromatic rings. The molecular weight excluding hydrogens is 419 g/mol. The predicted octanol–water partition coefficient (Wildman–Crippen LogP) is 1.41. The van der Waals surface area contributed by atoms with Crippen molar-refractivity contribution in [1.29, 1.82) is 0 Å². The van der Waals surface area contributed by atoms with Gasteiger partial charge in [0.05, 0.1) is 0 Å². The van der Waals surface area contributed by atoms with Crippen LogP contribution in [0.1, 0.15) is 11.1 Å². The first-order chi connectivity index (χ1) is 12.0. The summed E-state index contributed by atoms with van der Waals surface area (Å²) in [5, 5.41) is 0. The number of hydrogen-bond acceptors (Lipinski definition) is 4. The molecule has 4 nitrogen and oxygen atoms in total. The molecule has 1 heterocycles. The van der Waals surface area contributed by atoms with Crippen LogP contribution in [0.2, 0.25) is 0 Å². The molecule has 0 spiro atoms. The van der Waals surface area contributed by atoms with E-state index in [9.17, 15) is 0 Å². The van der Waals surface area contributed by atoms with E-state index < -0.39 is 19.2 Å². The van der Waals surface area contributed by atoms with E-state index in [1.165, 1.54) is 18.3 Å². The molecule has 0 aromatic heterocycles. The Morgan fingerprint density at radius 3 is 1.52 bits per heavy atom. The number of hydrogen-bond donors (Lipinski definition) is 0.